The zero-order valence-corrected chi connectivity index (χ0v) is 12.6. The molecule has 0 bridgehead atoms. The molecule has 0 radical (unpaired) electrons. The van der Waals surface area contributed by atoms with Crippen LogP contribution in [-0.4, -0.2) is 30.3 Å². The van der Waals surface area contributed by atoms with Crippen LogP contribution in [0.4, 0.5) is 5.69 Å². The van der Waals surface area contributed by atoms with E-state index >= 15 is 0 Å². The van der Waals surface area contributed by atoms with E-state index in [4.69, 9.17) is 0 Å². The minimum absolute atomic E-state index is 0.0191. The van der Waals surface area contributed by atoms with Crippen molar-refractivity contribution >= 4 is 17.5 Å². The molecule has 0 saturated heterocycles. The second-order valence-electron chi connectivity index (χ2n) is 5.63. The third-order valence-electron chi connectivity index (χ3n) is 3.69. The number of rotatable bonds is 5. The van der Waals surface area contributed by atoms with Gasteiger partial charge in [-0.2, -0.15) is 0 Å². The van der Waals surface area contributed by atoms with Crippen LogP contribution in [0.25, 0.3) is 0 Å². The number of hydrogen-bond donors (Lipinski definition) is 1. The van der Waals surface area contributed by atoms with Gasteiger partial charge in [-0.3, -0.25) is 9.59 Å². The Morgan fingerprint density at radius 2 is 2.00 bits per heavy atom. The van der Waals surface area contributed by atoms with Crippen LogP contribution >= 0.6 is 0 Å². The SMILES string of the molecule is Cc1ccc(NC(=O)CN(C)C(=O)C[C@H]2C=CCC2)cc1. The van der Waals surface area contributed by atoms with Gasteiger partial charge in [0.25, 0.3) is 0 Å². The summed E-state index contributed by atoms with van der Waals surface area (Å²) in [7, 11) is 1.68. The molecule has 4 heteroatoms. The number of nitrogens with zero attached hydrogens (tertiary/aromatic N) is 1. The summed E-state index contributed by atoms with van der Waals surface area (Å²) in [6.45, 7) is 2.08. The predicted molar refractivity (Wildman–Crippen MR) is 83.9 cm³/mol. The summed E-state index contributed by atoms with van der Waals surface area (Å²) >= 11 is 0. The highest BCUT2D eigenvalue weighted by Crippen LogP contribution is 2.20. The number of aryl methyl sites for hydroxylation is 1. The Bertz CT molecular complexity index is 534. The van der Waals surface area contributed by atoms with E-state index in [0.717, 1.165) is 24.1 Å². The van der Waals surface area contributed by atoms with Crippen LogP contribution < -0.4 is 5.32 Å². The summed E-state index contributed by atoms with van der Waals surface area (Å²) in [5.41, 5.74) is 1.90. The van der Waals surface area contributed by atoms with Crippen molar-refractivity contribution < 1.29 is 9.59 Å². The van der Waals surface area contributed by atoms with E-state index in [1.807, 2.05) is 31.2 Å². The average molecular weight is 286 g/mol. The lowest BCUT2D eigenvalue weighted by molar-refractivity contribution is -0.133. The van der Waals surface area contributed by atoms with Crippen molar-refractivity contribution in [2.45, 2.75) is 26.2 Å². The molecular weight excluding hydrogens is 264 g/mol. The van der Waals surface area contributed by atoms with E-state index in [1.165, 1.54) is 4.90 Å². The van der Waals surface area contributed by atoms with E-state index in [9.17, 15) is 9.59 Å². The first-order valence-electron chi connectivity index (χ1n) is 7.32. The highest BCUT2D eigenvalue weighted by atomic mass is 16.2. The van der Waals surface area contributed by atoms with Crippen molar-refractivity contribution in [1.82, 2.24) is 4.90 Å². The van der Waals surface area contributed by atoms with Crippen molar-refractivity contribution in [3.05, 3.63) is 42.0 Å². The van der Waals surface area contributed by atoms with Gasteiger partial charge in [0.05, 0.1) is 6.54 Å². The lowest BCUT2D eigenvalue weighted by Gasteiger charge is -2.18. The maximum absolute atomic E-state index is 12.0. The Balaban J connectivity index is 1.79. The first-order valence-corrected chi connectivity index (χ1v) is 7.32. The Labute approximate surface area is 125 Å². The van der Waals surface area contributed by atoms with E-state index in [2.05, 4.69) is 17.5 Å². The number of allylic oxidation sites excluding steroid dienone is 2. The third kappa shape index (κ3) is 4.74. The van der Waals surface area contributed by atoms with Crippen molar-refractivity contribution in [2.75, 3.05) is 18.9 Å². The Kier molecular flexibility index (Phi) is 5.14. The van der Waals surface area contributed by atoms with Crippen molar-refractivity contribution in [3.63, 3.8) is 0 Å². The third-order valence-corrected chi connectivity index (χ3v) is 3.69. The van der Waals surface area contributed by atoms with Crippen LogP contribution in [0, 0.1) is 12.8 Å². The van der Waals surface area contributed by atoms with Gasteiger partial charge in [-0.05, 0) is 37.8 Å². The fourth-order valence-electron chi connectivity index (χ4n) is 2.39. The van der Waals surface area contributed by atoms with E-state index in [0.29, 0.717) is 12.3 Å². The number of benzene rings is 1. The Morgan fingerprint density at radius 3 is 2.62 bits per heavy atom. The summed E-state index contributed by atoms with van der Waals surface area (Å²) in [5, 5.41) is 2.80. The summed E-state index contributed by atoms with van der Waals surface area (Å²) in [6, 6.07) is 7.60. The molecule has 0 aromatic heterocycles. The largest absolute Gasteiger partial charge is 0.336 e. The maximum Gasteiger partial charge on any atom is 0.243 e. The lowest BCUT2D eigenvalue weighted by atomic mass is 10.0. The molecule has 1 atom stereocenters. The molecule has 2 amide bonds. The summed E-state index contributed by atoms with van der Waals surface area (Å²) < 4.78 is 0. The Morgan fingerprint density at radius 1 is 1.29 bits per heavy atom. The van der Waals surface area contributed by atoms with E-state index in [-0.39, 0.29) is 18.4 Å². The minimum atomic E-state index is -0.170. The Hall–Kier alpha value is -2.10. The van der Waals surface area contributed by atoms with Crippen LogP contribution in [0.2, 0.25) is 0 Å². The van der Waals surface area contributed by atoms with Gasteiger partial charge in [-0.15, -0.1) is 0 Å². The molecule has 1 aromatic rings. The molecule has 112 valence electrons. The molecule has 0 spiro atoms. The molecule has 1 aliphatic rings. The van der Waals surface area contributed by atoms with Gasteiger partial charge in [0.15, 0.2) is 0 Å². The van der Waals surface area contributed by atoms with Crippen LogP contribution in [0.3, 0.4) is 0 Å². The minimum Gasteiger partial charge on any atom is -0.336 e. The summed E-state index contributed by atoms with van der Waals surface area (Å²) in [4.78, 5) is 25.5. The molecule has 0 unspecified atom stereocenters. The van der Waals surface area contributed by atoms with E-state index < -0.39 is 0 Å². The number of amides is 2. The van der Waals surface area contributed by atoms with Crippen molar-refractivity contribution in [2.24, 2.45) is 5.92 Å². The van der Waals surface area contributed by atoms with Crippen LogP contribution in [0.5, 0.6) is 0 Å². The van der Waals surface area contributed by atoms with Gasteiger partial charge in [0.1, 0.15) is 0 Å². The predicted octanol–water partition coefficient (Wildman–Crippen LogP) is 2.75. The number of carbonyl (C=O) groups is 2. The lowest BCUT2D eigenvalue weighted by Crippen LogP contribution is -2.35. The van der Waals surface area contributed by atoms with Gasteiger partial charge >= 0.3 is 0 Å². The zero-order valence-electron chi connectivity index (χ0n) is 12.6. The molecule has 0 heterocycles. The van der Waals surface area contributed by atoms with Gasteiger partial charge in [0, 0.05) is 19.2 Å². The molecular formula is C17H22N2O2. The number of nitrogens with one attached hydrogen (secondary N) is 1. The van der Waals surface area contributed by atoms with Crippen LogP contribution in [0.1, 0.15) is 24.8 Å². The van der Waals surface area contributed by atoms with E-state index in [1.54, 1.807) is 7.05 Å². The van der Waals surface area contributed by atoms with Gasteiger partial charge in [-0.25, -0.2) is 0 Å². The monoisotopic (exact) mass is 286 g/mol. The smallest absolute Gasteiger partial charge is 0.243 e. The van der Waals surface area contributed by atoms with Gasteiger partial charge in [0.2, 0.25) is 11.8 Å². The zero-order chi connectivity index (χ0) is 15.2. The highest BCUT2D eigenvalue weighted by molar-refractivity contribution is 5.94. The fourth-order valence-corrected chi connectivity index (χ4v) is 2.39. The number of likely N-dealkylation sites (N-methyl/N-ethyl adjacent to an activating group) is 1. The molecule has 1 aromatic carbocycles. The molecule has 0 aliphatic heterocycles. The standard InChI is InChI=1S/C17H22N2O2/c1-13-7-9-15(10-8-13)18-16(20)12-19(2)17(21)11-14-5-3-4-6-14/h3,5,7-10,14H,4,6,11-12H2,1-2H3,(H,18,20)/t14-/m0/s1. The second-order valence-corrected chi connectivity index (χ2v) is 5.63. The topological polar surface area (TPSA) is 49.4 Å². The quantitative estimate of drug-likeness (QED) is 0.846. The maximum atomic E-state index is 12.0. The molecule has 21 heavy (non-hydrogen) atoms. The van der Waals surface area contributed by atoms with Crippen molar-refractivity contribution in [3.8, 4) is 0 Å². The average Bonchev–Trinajstić information content (AvgIpc) is 2.94. The molecule has 4 nitrogen and oxygen atoms in total. The summed E-state index contributed by atoms with van der Waals surface area (Å²) in [5.74, 6) is 0.183. The second kappa shape index (κ2) is 7.07. The molecule has 2 rings (SSSR count). The first-order chi connectivity index (χ1) is 10.0. The molecule has 0 saturated carbocycles. The van der Waals surface area contributed by atoms with Crippen molar-refractivity contribution in [1.29, 1.82) is 0 Å². The normalized spacial score (nSPS) is 16.8. The van der Waals surface area contributed by atoms with Gasteiger partial charge in [-0.1, -0.05) is 29.8 Å². The van der Waals surface area contributed by atoms with Gasteiger partial charge < -0.3 is 10.2 Å². The van der Waals surface area contributed by atoms with Crippen LogP contribution in [-0.2, 0) is 9.59 Å². The number of anilines is 1. The molecule has 1 aliphatic carbocycles. The number of hydrogen-bond acceptors (Lipinski definition) is 2. The summed E-state index contributed by atoms with van der Waals surface area (Å²) in [6.07, 6.45) is 6.79. The first kappa shape index (κ1) is 15.3. The highest BCUT2D eigenvalue weighted by Gasteiger charge is 2.18. The van der Waals surface area contributed by atoms with Crippen LogP contribution in [0.15, 0.2) is 36.4 Å². The number of carbonyl (C=O) groups excluding carboxylic acids is 2. The fraction of sp³-hybridized carbons (Fsp3) is 0.412. The molecule has 0 fully saturated rings. The molecule has 1 N–H and O–H groups in total.